The number of carbonyl (C=O) groups excluding carboxylic acids is 1. The van der Waals surface area contributed by atoms with Gasteiger partial charge in [0.05, 0.1) is 6.61 Å². The number of hydrogen-bond donors (Lipinski definition) is 1. The normalized spacial score (nSPS) is 10.6. The predicted molar refractivity (Wildman–Crippen MR) is 105 cm³/mol. The van der Waals surface area contributed by atoms with Crippen molar-refractivity contribution in [2.24, 2.45) is 0 Å². The first-order valence-electron chi connectivity index (χ1n) is 7.84. The molecule has 1 heterocycles. The highest BCUT2D eigenvalue weighted by Gasteiger charge is 2.14. The van der Waals surface area contributed by atoms with Gasteiger partial charge in [0.2, 0.25) is 0 Å². The first-order chi connectivity index (χ1) is 12.1. The van der Waals surface area contributed by atoms with E-state index in [-0.39, 0.29) is 5.56 Å². The number of nitrogens with one attached hydrogen (secondary N) is 1. The molecule has 1 aromatic heterocycles. The van der Waals surface area contributed by atoms with Gasteiger partial charge in [0.1, 0.15) is 16.9 Å². The lowest BCUT2D eigenvalue weighted by molar-refractivity contribution is 0.102. The van der Waals surface area contributed by atoms with Crippen molar-refractivity contribution in [2.75, 3.05) is 11.9 Å². The van der Waals surface area contributed by atoms with Crippen molar-refractivity contribution in [3.05, 3.63) is 68.1 Å². The fraction of sp³-hybridized carbons (Fsp3) is 0.158. The van der Waals surface area contributed by atoms with E-state index in [4.69, 9.17) is 9.15 Å². The van der Waals surface area contributed by atoms with Crippen LogP contribution in [0.4, 0.5) is 5.69 Å². The second kappa shape index (κ2) is 7.69. The average Bonchev–Trinajstić information content (AvgIpc) is 2.61. The van der Waals surface area contributed by atoms with E-state index >= 15 is 0 Å². The molecule has 0 radical (unpaired) electrons. The second-order valence-corrected chi connectivity index (χ2v) is 6.70. The van der Waals surface area contributed by atoms with Crippen molar-refractivity contribution in [1.29, 1.82) is 0 Å². The second-order valence-electron chi connectivity index (χ2n) is 5.46. The average molecular weight is 449 g/mol. The topological polar surface area (TPSA) is 68.5 Å². The van der Waals surface area contributed by atoms with Gasteiger partial charge in [0.25, 0.3) is 5.91 Å². The number of fused-ring (bicyclic) bond motifs is 1. The molecule has 0 atom stereocenters. The van der Waals surface area contributed by atoms with E-state index in [0.717, 1.165) is 9.99 Å². The molecule has 0 fully saturated rings. The van der Waals surface area contributed by atoms with Gasteiger partial charge in [-0.1, -0.05) is 6.92 Å². The summed E-state index contributed by atoms with van der Waals surface area (Å²) >= 11 is 2.18. The Bertz CT molecular complexity index is 963. The number of carbonyl (C=O) groups is 1. The lowest BCUT2D eigenvalue weighted by Gasteiger charge is -2.07. The summed E-state index contributed by atoms with van der Waals surface area (Å²) < 4.78 is 11.9. The minimum absolute atomic E-state index is 0.0340. The third kappa shape index (κ3) is 4.19. The number of hydrogen-bond acceptors (Lipinski definition) is 4. The largest absolute Gasteiger partial charge is 0.493 e. The van der Waals surface area contributed by atoms with Gasteiger partial charge in [-0.3, -0.25) is 4.79 Å². The molecule has 0 aliphatic rings. The van der Waals surface area contributed by atoms with Crippen LogP contribution in [-0.4, -0.2) is 12.5 Å². The van der Waals surface area contributed by atoms with Crippen LogP contribution in [0.3, 0.4) is 0 Å². The first kappa shape index (κ1) is 17.5. The van der Waals surface area contributed by atoms with Crippen LogP contribution in [0.5, 0.6) is 5.75 Å². The standard InChI is InChI=1S/C19H16INO4/c1-2-9-24-15-8-3-12-10-16(19(23)25-17(12)11-15)18(22)21-14-6-4-13(20)5-7-14/h3-8,10-11H,2,9H2,1H3,(H,21,22). The Morgan fingerprint density at radius 3 is 2.64 bits per heavy atom. The molecule has 0 aliphatic heterocycles. The zero-order valence-corrected chi connectivity index (χ0v) is 15.7. The zero-order valence-electron chi connectivity index (χ0n) is 13.5. The highest BCUT2D eigenvalue weighted by atomic mass is 127. The van der Waals surface area contributed by atoms with Gasteiger partial charge < -0.3 is 14.5 Å². The maximum Gasteiger partial charge on any atom is 0.349 e. The van der Waals surface area contributed by atoms with Crippen molar-refractivity contribution < 1.29 is 13.9 Å². The third-order valence-corrected chi connectivity index (χ3v) is 4.25. The fourth-order valence-corrected chi connectivity index (χ4v) is 2.65. The van der Waals surface area contributed by atoms with Gasteiger partial charge in [0, 0.05) is 20.7 Å². The quantitative estimate of drug-likeness (QED) is 0.462. The van der Waals surface area contributed by atoms with Gasteiger partial charge in [-0.25, -0.2) is 4.79 Å². The monoisotopic (exact) mass is 449 g/mol. The Hall–Kier alpha value is -2.35. The molecule has 5 nitrogen and oxygen atoms in total. The molecular formula is C19H16INO4. The van der Waals surface area contributed by atoms with Crippen LogP contribution in [0.2, 0.25) is 0 Å². The van der Waals surface area contributed by atoms with Crippen LogP contribution in [0.1, 0.15) is 23.7 Å². The molecular weight excluding hydrogens is 433 g/mol. The third-order valence-electron chi connectivity index (χ3n) is 3.53. The molecule has 128 valence electrons. The summed E-state index contributed by atoms with van der Waals surface area (Å²) in [5.41, 5.74) is 0.300. The van der Waals surface area contributed by atoms with E-state index < -0.39 is 11.5 Å². The molecule has 1 amide bonds. The van der Waals surface area contributed by atoms with Gasteiger partial charge in [-0.2, -0.15) is 0 Å². The van der Waals surface area contributed by atoms with Crippen LogP contribution in [-0.2, 0) is 0 Å². The molecule has 0 unspecified atom stereocenters. The number of anilines is 1. The van der Waals surface area contributed by atoms with Crippen LogP contribution >= 0.6 is 22.6 Å². The summed E-state index contributed by atoms with van der Waals surface area (Å²) in [7, 11) is 0. The maximum absolute atomic E-state index is 12.4. The molecule has 1 N–H and O–H groups in total. The lowest BCUT2D eigenvalue weighted by Crippen LogP contribution is -2.20. The van der Waals surface area contributed by atoms with Crippen molar-refractivity contribution >= 4 is 45.2 Å². The SMILES string of the molecule is CCCOc1ccc2cc(C(=O)Nc3ccc(I)cc3)c(=O)oc2c1. The van der Waals surface area contributed by atoms with Gasteiger partial charge >= 0.3 is 5.63 Å². The Balaban J connectivity index is 1.88. The van der Waals surface area contributed by atoms with Crippen LogP contribution < -0.4 is 15.7 Å². The van der Waals surface area contributed by atoms with Gasteiger partial charge in [0.15, 0.2) is 0 Å². The van der Waals surface area contributed by atoms with E-state index in [9.17, 15) is 9.59 Å². The molecule has 0 saturated carbocycles. The Morgan fingerprint density at radius 2 is 1.92 bits per heavy atom. The van der Waals surface area contributed by atoms with Crippen LogP contribution in [0.15, 0.2) is 57.7 Å². The molecule has 3 aromatic rings. The van der Waals surface area contributed by atoms with Crippen LogP contribution in [0, 0.1) is 3.57 Å². The summed E-state index contributed by atoms with van der Waals surface area (Å²) in [6, 6.07) is 14.1. The Kier molecular flexibility index (Phi) is 5.37. The number of rotatable bonds is 5. The van der Waals surface area contributed by atoms with E-state index in [2.05, 4.69) is 27.9 Å². The fourth-order valence-electron chi connectivity index (χ4n) is 2.29. The predicted octanol–water partition coefficient (Wildman–Crippen LogP) is 4.44. The first-order valence-corrected chi connectivity index (χ1v) is 8.92. The molecule has 0 aliphatic carbocycles. The van der Waals surface area contributed by atoms with Crippen molar-refractivity contribution in [3.63, 3.8) is 0 Å². The summed E-state index contributed by atoms with van der Waals surface area (Å²) in [5, 5.41) is 3.37. The lowest BCUT2D eigenvalue weighted by atomic mass is 10.1. The van der Waals surface area contributed by atoms with Crippen molar-refractivity contribution in [2.45, 2.75) is 13.3 Å². The van der Waals surface area contributed by atoms with Crippen molar-refractivity contribution in [3.8, 4) is 5.75 Å². The zero-order chi connectivity index (χ0) is 17.8. The van der Waals surface area contributed by atoms with E-state index in [1.54, 1.807) is 30.3 Å². The number of ether oxygens (including phenoxy) is 1. The van der Waals surface area contributed by atoms with Gasteiger partial charge in [-0.05, 0) is 71.5 Å². The summed E-state index contributed by atoms with van der Waals surface area (Å²) in [6.45, 7) is 2.60. The molecule has 25 heavy (non-hydrogen) atoms. The Labute approximate surface area is 158 Å². The molecule has 2 aromatic carbocycles. The van der Waals surface area contributed by atoms with Gasteiger partial charge in [-0.15, -0.1) is 0 Å². The Morgan fingerprint density at radius 1 is 1.16 bits per heavy atom. The number of amides is 1. The molecule has 3 rings (SSSR count). The maximum atomic E-state index is 12.4. The minimum atomic E-state index is -0.678. The molecule has 6 heteroatoms. The smallest absolute Gasteiger partial charge is 0.349 e. The summed E-state index contributed by atoms with van der Waals surface area (Å²) in [4.78, 5) is 24.5. The number of benzene rings is 2. The molecule has 0 spiro atoms. The van der Waals surface area contributed by atoms with E-state index in [1.165, 1.54) is 6.07 Å². The highest BCUT2D eigenvalue weighted by molar-refractivity contribution is 14.1. The van der Waals surface area contributed by atoms with E-state index in [1.807, 2.05) is 19.1 Å². The molecule has 0 bridgehead atoms. The number of halogens is 1. The minimum Gasteiger partial charge on any atom is -0.493 e. The summed E-state index contributed by atoms with van der Waals surface area (Å²) in [6.07, 6.45) is 0.889. The van der Waals surface area contributed by atoms with Crippen LogP contribution in [0.25, 0.3) is 11.0 Å². The highest BCUT2D eigenvalue weighted by Crippen LogP contribution is 2.21. The summed E-state index contributed by atoms with van der Waals surface area (Å²) in [5.74, 6) is 0.136. The molecule has 0 saturated heterocycles. The van der Waals surface area contributed by atoms with E-state index in [0.29, 0.717) is 29.0 Å². The van der Waals surface area contributed by atoms with Crippen molar-refractivity contribution in [1.82, 2.24) is 0 Å².